The van der Waals surface area contributed by atoms with E-state index in [4.69, 9.17) is 9.40 Å². The summed E-state index contributed by atoms with van der Waals surface area (Å²) in [5, 5.41) is 11.1. The molecule has 46 heavy (non-hydrogen) atoms. The van der Waals surface area contributed by atoms with Crippen LogP contribution in [0.2, 0.25) is 0 Å². The summed E-state index contributed by atoms with van der Waals surface area (Å²) >= 11 is 1.78. The number of aromatic nitrogens is 1. The van der Waals surface area contributed by atoms with Crippen LogP contribution in [0, 0.1) is 0 Å². The molecule has 0 radical (unpaired) electrons. The molecule has 3 heteroatoms. The van der Waals surface area contributed by atoms with Crippen LogP contribution in [-0.4, -0.2) is 4.98 Å². The number of fused-ring (bicyclic) bond motifs is 12. The predicted molar refractivity (Wildman–Crippen MR) is 195 cm³/mol. The van der Waals surface area contributed by atoms with Crippen molar-refractivity contribution in [2.24, 2.45) is 0 Å². The van der Waals surface area contributed by atoms with Crippen molar-refractivity contribution in [1.82, 2.24) is 4.98 Å². The van der Waals surface area contributed by atoms with Gasteiger partial charge in [-0.25, -0.2) is 4.98 Å². The third-order valence-corrected chi connectivity index (χ3v) is 11.0. The van der Waals surface area contributed by atoms with E-state index in [0.29, 0.717) is 0 Å². The fourth-order valence-electron chi connectivity index (χ4n) is 7.72. The second-order valence-corrected chi connectivity index (χ2v) is 13.3. The second-order valence-electron chi connectivity index (χ2n) is 12.3. The van der Waals surface area contributed by atoms with Gasteiger partial charge < -0.3 is 4.42 Å². The summed E-state index contributed by atoms with van der Waals surface area (Å²) < 4.78 is 7.83. The normalized spacial score (nSPS) is 12.3. The Morgan fingerprint density at radius 2 is 1.15 bits per heavy atom. The van der Waals surface area contributed by atoms with Gasteiger partial charge in [-0.2, -0.15) is 0 Å². The Kier molecular flexibility index (Phi) is 4.75. The van der Waals surface area contributed by atoms with E-state index in [9.17, 15) is 0 Å². The Morgan fingerprint density at radius 1 is 0.435 bits per heavy atom. The van der Waals surface area contributed by atoms with Crippen LogP contribution in [0.25, 0.3) is 108 Å². The van der Waals surface area contributed by atoms with E-state index in [-0.39, 0.29) is 0 Å². The molecule has 0 unspecified atom stereocenters. The molecule has 8 aromatic carbocycles. The second kappa shape index (κ2) is 8.91. The lowest BCUT2D eigenvalue weighted by molar-refractivity contribution is 0.669. The molecular formula is C43H23NOS. The van der Waals surface area contributed by atoms with Gasteiger partial charge in [-0.3, -0.25) is 0 Å². The van der Waals surface area contributed by atoms with Crippen LogP contribution in [0.4, 0.5) is 0 Å². The Bertz CT molecular complexity index is 2910. The molecule has 0 aliphatic heterocycles. The van der Waals surface area contributed by atoms with Crippen molar-refractivity contribution in [2.45, 2.75) is 0 Å². The zero-order valence-corrected chi connectivity index (χ0v) is 25.4. The molecule has 0 atom stereocenters. The van der Waals surface area contributed by atoms with Gasteiger partial charge in [0.1, 0.15) is 16.2 Å². The van der Waals surface area contributed by atoms with Crippen LogP contribution in [0.5, 0.6) is 0 Å². The predicted octanol–water partition coefficient (Wildman–Crippen LogP) is 12.6. The monoisotopic (exact) mass is 601 g/mol. The van der Waals surface area contributed by atoms with E-state index >= 15 is 0 Å². The highest BCUT2D eigenvalue weighted by atomic mass is 32.1. The summed E-state index contributed by atoms with van der Waals surface area (Å²) in [6.07, 6.45) is 0. The molecule has 10 aromatic rings. The minimum absolute atomic E-state index is 0.916. The van der Waals surface area contributed by atoms with Crippen molar-refractivity contribution in [3.05, 3.63) is 140 Å². The topological polar surface area (TPSA) is 26.0 Å². The van der Waals surface area contributed by atoms with Gasteiger partial charge in [-0.15, -0.1) is 11.3 Å². The smallest absolute Gasteiger partial charge is 0.136 e. The summed E-state index contributed by atoms with van der Waals surface area (Å²) in [5.41, 5.74) is 11.5. The minimum atomic E-state index is 0.916. The molecule has 0 N–H and O–H groups in total. The fourth-order valence-corrected chi connectivity index (χ4v) is 8.86. The lowest BCUT2D eigenvalue weighted by Crippen LogP contribution is -1.80. The molecule has 2 aromatic heterocycles. The number of furan rings is 1. The average Bonchev–Trinajstić information content (AvgIpc) is 3.81. The van der Waals surface area contributed by atoms with Crippen LogP contribution < -0.4 is 0 Å². The largest absolute Gasteiger partial charge is 0.456 e. The van der Waals surface area contributed by atoms with Gasteiger partial charge in [0.05, 0.1) is 10.2 Å². The van der Waals surface area contributed by atoms with E-state index in [0.717, 1.165) is 43.8 Å². The highest BCUT2D eigenvalue weighted by Crippen LogP contribution is 2.51. The first-order valence-electron chi connectivity index (χ1n) is 15.6. The Balaban J connectivity index is 1.01. The van der Waals surface area contributed by atoms with Crippen LogP contribution in [0.3, 0.4) is 0 Å². The van der Waals surface area contributed by atoms with Crippen molar-refractivity contribution in [1.29, 1.82) is 0 Å². The molecule has 1 aliphatic rings. The molecule has 0 amide bonds. The van der Waals surface area contributed by atoms with Crippen molar-refractivity contribution in [3.8, 4) is 44.0 Å². The zero-order chi connectivity index (χ0) is 29.9. The molecular weight excluding hydrogens is 579 g/mol. The molecule has 0 fully saturated rings. The van der Waals surface area contributed by atoms with Gasteiger partial charge in [0.2, 0.25) is 0 Å². The molecule has 11 rings (SSSR count). The lowest BCUT2D eigenvalue weighted by atomic mass is 9.97. The number of nitrogens with zero attached hydrogens (tertiary/aromatic N) is 1. The summed E-state index contributed by atoms with van der Waals surface area (Å²) in [6.45, 7) is 0. The van der Waals surface area contributed by atoms with Gasteiger partial charge in [0, 0.05) is 21.7 Å². The van der Waals surface area contributed by atoms with Crippen LogP contribution >= 0.6 is 11.3 Å². The van der Waals surface area contributed by atoms with Gasteiger partial charge in [0.15, 0.2) is 0 Å². The first kappa shape index (κ1) is 24.5. The molecule has 2 nitrogen and oxygen atoms in total. The molecule has 0 saturated carbocycles. The highest BCUT2D eigenvalue weighted by Gasteiger charge is 2.24. The van der Waals surface area contributed by atoms with Gasteiger partial charge in [-0.05, 0) is 84.6 Å². The average molecular weight is 602 g/mol. The number of hydrogen-bond donors (Lipinski definition) is 0. The quantitative estimate of drug-likeness (QED) is 0.184. The minimum Gasteiger partial charge on any atom is -0.456 e. The molecule has 212 valence electrons. The van der Waals surface area contributed by atoms with Crippen LogP contribution in [-0.2, 0) is 0 Å². The maximum atomic E-state index is 6.59. The van der Waals surface area contributed by atoms with E-state index in [1.54, 1.807) is 11.3 Å². The van der Waals surface area contributed by atoms with E-state index in [2.05, 4.69) is 140 Å². The first-order valence-corrected chi connectivity index (χ1v) is 16.4. The molecule has 0 saturated heterocycles. The summed E-state index contributed by atoms with van der Waals surface area (Å²) in [6, 6.07) is 50.4. The third kappa shape index (κ3) is 3.27. The highest BCUT2D eigenvalue weighted by molar-refractivity contribution is 7.22. The van der Waals surface area contributed by atoms with Crippen LogP contribution in [0.15, 0.2) is 144 Å². The van der Waals surface area contributed by atoms with E-state index in [1.165, 1.54) is 64.7 Å². The van der Waals surface area contributed by atoms with Crippen molar-refractivity contribution in [3.63, 3.8) is 0 Å². The number of rotatable bonds is 2. The zero-order valence-electron chi connectivity index (χ0n) is 24.5. The molecule has 1 aliphatic carbocycles. The summed E-state index contributed by atoms with van der Waals surface area (Å²) in [5.74, 6) is 0. The molecule has 0 spiro atoms. The van der Waals surface area contributed by atoms with E-state index < -0.39 is 0 Å². The molecule has 0 bridgehead atoms. The number of thiazole rings is 1. The Morgan fingerprint density at radius 3 is 2.07 bits per heavy atom. The third-order valence-electron chi connectivity index (χ3n) is 9.83. The van der Waals surface area contributed by atoms with Crippen molar-refractivity contribution >= 4 is 75.8 Å². The lowest BCUT2D eigenvalue weighted by Gasteiger charge is -2.05. The van der Waals surface area contributed by atoms with Gasteiger partial charge in [-0.1, -0.05) is 115 Å². The fraction of sp³-hybridized carbons (Fsp3) is 0. The van der Waals surface area contributed by atoms with Crippen LogP contribution in [0.1, 0.15) is 0 Å². The summed E-state index contributed by atoms with van der Waals surface area (Å²) in [7, 11) is 0. The summed E-state index contributed by atoms with van der Waals surface area (Å²) in [4.78, 5) is 5.07. The van der Waals surface area contributed by atoms with E-state index in [1.807, 2.05) is 0 Å². The SMILES string of the molecule is c1ccc2c(c1)-c1cccc3c1c-2cc1oc2cc(-c4ccc(-c5nc6ccc7ccc8ccccc8c7c6s5)cc4)ccc2c13. The Hall–Kier alpha value is -5.77. The van der Waals surface area contributed by atoms with Crippen molar-refractivity contribution in [2.75, 3.05) is 0 Å². The number of hydrogen-bond acceptors (Lipinski definition) is 3. The van der Waals surface area contributed by atoms with Gasteiger partial charge >= 0.3 is 0 Å². The van der Waals surface area contributed by atoms with Crippen molar-refractivity contribution < 1.29 is 4.42 Å². The maximum Gasteiger partial charge on any atom is 0.136 e. The Labute approximate surface area is 267 Å². The first-order chi connectivity index (χ1) is 22.8. The number of benzene rings is 8. The molecule has 2 heterocycles. The van der Waals surface area contributed by atoms with Gasteiger partial charge in [0.25, 0.3) is 0 Å². The standard InChI is InChI=1S/C43H23NOS/c1-2-7-29-25(6-1)14-15-26-19-21-36-42(39(26)29)46-43(44-36)27-16-12-24(13-17-27)28-18-20-33-37(22-28)45-38-23-35-31-9-4-3-8-30(31)32-10-5-11-34(40(32)35)41(33)38/h1-23H. The maximum absolute atomic E-state index is 6.59.